The predicted octanol–water partition coefficient (Wildman–Crippen LogP) is 3.61. The van der Waals surface area contributed by atoms with E-state index in [1.165, 1.54) is 35.2 Å². The van der Waals surface area contributed by atoms with Crippen LogP contribution in [-0.2, 0) is 9.59 Å². The fraction of sp³-hybridized carbons (Fsp3) is 0. The molecule has 0 radical (unpaired) electrons. The molecule has 0 saturated carbocycles. The second kappa shape index (κ2) is 8.44. The molecule has 1 saturated heterocycles. The van der Waals surface area contributed by atoms with Crippen LogP contribution in [0.1, 0.15) is 16.1 Å². The summed E-state index contributed by atoms with van der Waals surface area (Å²) in [5.74, 6) is -2.26. The van der Waals surface area contributed by atoms with Gasteiger partial charge in [0, 0.05) is 21.1 Å². The minimum atomic E-state index is -1.08. The van der Waals surface area contributed by atoms with Crippen molar-refractivity contribution in [1.29, 1.82) is 0 Å². The Morgan fingerprint density at radius 2 is 1.65 bits per heavy atom. The number of amides is 2. The molecule has 1 aliphatic rings. The van der Waals surface area contributed by atoms with Crippen LogP contribution >= 0.6 is 34.8 Å². The number of thiocarbonyl (C=S) groups is 1. The number of benzene rings is 2. The predicted molar refractivity (Wildman–Crippen MR) is 128 cm³/mol. The van der Waals surface area contributed by atoms with Gasteiger partial charge in [0.25, 0.3) is 11.8 Å². The van der Waals surface area contributed by atoms with Gasteiger partial charge in [-0.05, 0) is 102 Å². The highest BCUT2D eigenvalue weighted by Crippen LogP contribution is 2.24. The molecule has 0 bridgehead atoms. The molecular formula is C22H14IN3O4S. The van der Waals surface area contributed by atoms with Crippen molar-refractivity contribution >= 4 is 69.5 Å². The fourth-order valence-electron chi connectivity index (χ4n) is 3.14. The SMILES string of the molecule is O=C1NC(=S)N(c2ccc(C(=O)O)cc2)C(=O)/C1=C/c1cccn1-c1ccc(I)cc1. The number of rotatable bonds is 4. The fourth-order valence-corrected chi connectivity index (χ4v) is 3.78. The van der Waals surface area contributed by atoms with Gasteiger partial charge in [-0.15, -0.1) is 0 Å². The van der Waals surface area contributed by atoms with Gasteiger partial charge in [-0.3, -0.25) is 19.8 Å². The van der Waals surface area contributed by atoms with E-state index >= 15 is 0 Å². The number of aromatic carboxylic acids is 1. The lowest BCUT2D eigenvalue weighted by Crippen LogP contribution is -2.54. The van der Waals surface area contributed by atoms with Gasteiger partial charge in [0.2, 0.25) is 0 Å². The molecule has 7 nitrogen and oxygen atoms in total. The van der Waals surface area contributed by atoms with Crippen LogP contribution in [-0.4, -0.2) is 32.6 Å². The van der Waals surface area contributed by atoms with E-state index in [1.54, 1.807) is 6.07 Å². The van der Waals surface area contributed by atoms with Crippen LogP contribution < -0.4 is 10.2 Å². The summed E-state index contributed by atoms with van der Waals surface area (Å²) in [5.41, 5.74) is 1.89. The summed E-state index contributed by atoms with van der Waals surface area (Å²) >= 11 is 7.41. The Morgan fingerprint density at radius 1 is 1.00 bits per heavy atom. The molecule has 3 aromatic rings. The second-order valence-corrected chi connectivity index (χ2v) is 8.22. The van der Waals surface area contributed by atoms with Gasteiger partial charge < -0.3 is 9.67 Å². The number of carboxylic acids is 1. The van der Waals surface area contributed by atoms with E-state index in [0.29, 0.717) is 11.4 Å². The van der Waals surface area contributed by atoms with Gasteiger partial charge in [0.1, 0.15) is 5.57 Å². The molecule has 0 atom stereocenters. The van der Waals surface area contributed by atoms with Crippen LogP contribution in [0.15, 0.2) is 72.4 Å². The van der Waals surface area contributed by atoms with Crippen molar-refractivity contribution in [1.82, 2.24) is 9.88 Å². The molecule has 154 valence electrons. The van der Waals surface area contributed by atoms with Crippen molar-refractivity contribution in [3.63, 3.8) is 0 Å². The van der Waals surface area contributed by atoms with Gasteiger partial charge in [-0.1, -0.05) is 0 Å². The largest absolute Gasteiger partial charge is 0.478 e. The van der Waals surface area contributed by atoms with E-state index in [2.05, 4.69) is 27.9 Å². The summed E-state index contributed by atoms with van der Waals surface area (Å²) in [5, 5.41) is 11.5. The first kappa shape index (κ1) is 20.9. The molecule has 2 N–H and O–H groups in total. The summed E-state index contributed by atoms with van der Waals surface area (Å²) in [4.78, 5) is 38.0. The first-order chi connectivity index (χ1) is 14.8. The van der Waals surface area contributed by atoms with Gasteiger partial charge in [-0.25, -0.2) is 4.79 Å². The normalized spacial score (nSPS) is 15.3. The van der Waals surface area contributed by atoms with E-state index in [9.17, 15) is 14.4 Å². The smallest absolute Gasteiger partial charge is 0.335 e. The van der Waals surface area contributed by atoms with Crippen LogP contribution in [0.3, 0.4) is 0 Å². The lowest BCUT2D eigenvalue weighted by atomic mass is 10.1. The number of carbonyl (C=O) groups excluding carboxylic acids is 2. The molecule has 2 amide bonds. The molecule has 31 heavy (non-hydrogen) atoms. The molecule has 9 heteroatoms. The number of carboxylic acid groups (broad SMARTS) is 1. The molecular weight excluding hydrogens is 529 g/mol. The molecule has 0 unspecified atom stereocenters. The number of nitrogens with one attached hydrogen (secondary N) is 1. The highest BCUT2D eigenvalue weighted by molar-refractivity contribution is 14.1. The highest BCUT2D eigenvalue weighted by atomic mass is 127. The maximum absolute atomic E-state index is 13.2. The zero-order chi connectivity index (χ0) is 22.1. The molecule has 2 aromatic carbocycles. The monoisotopic (exact) mass is 543 g/mol. The maximum Gasteiger partial charge on any atom is 0.335 e. The Kier molecular flexibility index (Phi) is 5.70. The third-order valence-corrected chi connectivity index (χ3v) is 5.66. The lowest BCUT2D eigenvalue weighted by Gasteiger charge is -2.29. The summed E-state index contributed by atoms with van der Waals surface area (Å²) in [6.07, 6.45) is 3.35. The third kappa shape index (κ3) is 4.14. The summed E-state index contributed by atoms with van der Waals surface area (Å²) in [6.45, 7) is 0. The van der Waals surface area contributed by atoms with Crippen molar-refractivity contribution in [3.8, 4) is 5.69 Å². The molecule has 1 aliphatic heterocycles. The summed E-state index contributed by atoms with van der Waals surface area (Å²) in [6, 6.07) is 17.1. The minimum absolute atomic E-state index is 0.0664. The minimum Gasteiger partial charge on any atom is -0.478 e. The topological polar surface area (TPSA) is 91.6 Å². The van der Waals surface area contributed by atoms with E-state index in [-0.39, 0.29) is 16.2 Å². The molecule has 0 aliphatic carbocycles. The van der Waals surface area contributed by atoms with Crippen molar-refractivity contribution < 1.29 is 19.5 Å². The highest BCUT2D eigenvalue weighted by Gasteiger charge is 2.34. The van der Waals surface area contributed by atoms with Crippen molar-refractivity contribution in [2.45, 2.75) is 0 Å². The Hall–Kier alpha value is -3.31. The number of nitrogens with zero attached hydrogens (tertiary/aromatic N) is 2. The Bertz CT molecular complexity index is 1250. The van der Waals surface area contributed by atoms with Crippen molar-refractivity contribution in [3.05, 3.63) is 87.3 Å². The number of carbonyl (C=O) groups is 3. The van der Waals surface area contributed by atoms with E-state index in [4.69, 9.17) is 17.3 Å². The maximum atomic E-state index is 13.2. The van der Waals surface area contributed by atoms with E-state index in [1.807, 2.05) is 41.1 Å². The number of hydrogen-bond acceptors (Lipinski definition) is 4. The van der Waals surface area contributed by atoms with Crippen LogP contribution in [0.25, 0.3) is 11.8 Å². The zero-order valence-electron chi connectivity index (χ0n) is 15.8. The Labute approximate surface area is 196 Å². The Balaban J connectivity index is 1.71. The number of anilines is 1. The average molecular weight is 543 g/mol. The molecule has 1 fully saturated rings. The second-order valence-electron chi connectivity index (χ2n) is 6.59. The van der Waals surface area contributed by atoms with Crippen molar-refractivity contribution in [2.24, 2.45) is 0 Å². The molecule has 0 spiro atoms. The molecule has 1 aromatic heterocycles. The van der Waals surface area contributed by atoms with Gasteiger partial charge in [0.05, 0.1) is 11.3 Å². The van der Waals surface area contributed by atoms with Gasteiger partial charge in [0.15, 0.2) is 5.11 Å². The first-order valence-corrected chi connectivity index (χ1v) is 10.5. The average Bonchev–Trinajstić information content (AvgIpc) is 3.20. The lowest BCUT2D eigenvalue weighted by molar-refractivity contribution is -0.122. The van der Waals surface area contributed by atoms with Crippen LogP contribution in [0.4, 0.5) is 5.69 Å². The van der Waals surface area contributed by atoms with Crippen molar-refractivity contribution in [2.75, 3.05) is 4.90 Å². The molecule has 2 heterocycles. The van der Waals surface area contributed by atoms with Gasteiger partial charge in [-0.2, -0.15) is 0 Å². The number of halogens is 1. The van der Waals surface area contributed by atoms with E-state index < -0.39 is 17.8 Å². The standard InChI is InChI=1S/C22H14IN3O4S/c23-14-5-9-15(10-6-14)25-11-1-2-17(25)12-18-19(27)24-22(31)26(20(18)28)16-7-3-13(4-8-16)21(29)30/h1-12H,(H,29,30)(H,24,27,31)/b18-12+. The van der Waals surface area contributed by atoms with Crippen LogP contribution in [0.2, 0.25) is 0 Å². The first-order valence-electron chi connectivity index (χ1n) is 9.03. The zero-order valence-corrected chi connectivity index (χ0v) is 18.8. The van der Waals surface area contributed by atoms with Gasteiger partial charge >= 0.3 is 5.97 Å². The quantitative estimate of drug-likeness (QED) is 0.227. The summed E-state index contributed by atoms with van der Waals surface area (Å²) in [7, 11) is 0. The number of aromatic nitrogens is 1. The number of hydrogen-bond donors (Lipinski definition) is 2. The van der Waals surface area contributed by atoms with Crippen LogP contribution in [0.5, 0.6) is 0 Å². The van der Waals surface area contributed by atoms with E-state index in [0.717, 1.165) is 9.26 Å². The third-order valence-electron chi connectivity index (χ3n) is 4.65. The summed E-state index contributed by atoms with van der Waals surface area (Å²) < 4.78 is 2.95. The molecule has 4 rings (SSSR count). The Morgan fingerprint density at radius 3 is 2.29 bits per heavy atom. The van der Waals surface area contributed by atoms with Crippen LogP contribution in [0, 0.1) is 3.57 Å².